The van der Waals surface area contributed by atoms with Crippen molar-refractivity contribution in [2.75, 3.05) is 26.2 Å². The number of hydrogen-bond acceptors (Lipinski definition) is 7. The van der Waals surface area contributed by atoms with Crippen LogP contribution in [0, 0.1) is 22.7 Å². The van der Waals surface area contributed by atoms with E-state index in [9.17, 15) is 19.2 Å². The molecule has 1 heterocycles. The average Bonchev–Trinajstić information content (AvgIpc) is 2.89. The molecule has 9 heteroatoms. The maximum absolute atomic E-state index is 13.3. The third-order valence-corrected chi connectivity index (χ3v) is 5.26. The van der Waals surface area contributed by atoms with E-state index in [4.69, 9.17) is 10.5 Å². The fourth-order valence-corrected chi connectivity index (χ4v) is 3.43. The smallest absolute Gasteiger partial charge is 0.303 e. The standard InChI is InChI=1S/C27H22N4O5/c1-18(32)36-17-25(33)30-14-26(34)31-15-23(10-19-2-6-21(12-28)7-3-19)27(35)24(16-31)11-20-4-8-22(13-29)9-5-20/h2-11H,14-17H2,1H3,(H,30,33)/b23-10+,24-11+. The first-order valence-corrected chi connectivity index (χ1v) is 10.9. The Bertz CT molecular complexity index is 1250. The Hall–Kier alpha value is -5.02. The van der Waals surface area contributed by atoms with Gasteiger partial charge in [-0.3, -0.25) is 19.2 Å². The van der Waals surface area contributed by atoms with Crippen LogP contribution < -0.4 is 5.32 Å². The topological polar surface area (TPSA) is 140 Å². The van der Waals surface area contributed by atoms with Gasteiger partial charge in [0.15, 0.2) is 12.4 Å². The van der Waals surface area contributed by atoms with Crippen molar-refractivity contribution in [2.24, 2.45) is 0 Å². The summed E-state index contributed by atoms with van der Waals surface area (Å²) in [6.45, 7) is 0.411. The molecule has 0 radical (unpaired) electrons. The van der Waals surface area contributed by atoms with Crippen LogP contribution in [0.5, 0.6) is 0 Å². The van der Waals surface area contributed by atoms with Gasteiger partial charge < -0.3 is 15.0 Å². The molecule has 3 rings (SSSR count). The van der Waals surface area contributed by atoms with E-state index in [1.807, 2.05) is 12.1 Å². The second-order valence-corrected chi connectivity index (χ2v) is 7.94. The van der Waals surface area contributed by atoms with Gasteiger partial charge in [0.1, 0.15) is 0 Å². The van der Waals surface area contributed by atoms with Gasteiger partial charge >= 0.3 is 5.97 Å². The number of amides is 2. The maximum Gasteiger partial charge on any atom is 0.303 e. The summed E-state index contributed by atoms with van der Waals surface area (Å²) >= 11 is 0. The molecule has 0 unspecified atom stereocenters. The van der Waals surface area contributed by atoms with Gasteiger partial charge in [0, 0.05) is 31.2 Å². The van der Waals surface area contributed by atoms with Crippen LogP contribution in [-0.4, -0.2) is 54.7 Å². The van der Waals surface area contributed by atoms with Crippen molar-refractivity contribution < 1.29 is 23.9 Å². The predicted molar refractivity (Wildman–Crippen MR) is 129 cm³/mol. The zero-order valence-electron chi connectivity index (χ0n) is 19.5. The molecule has 1 aliphatic heterocycles. The lowest BCUT2D eigenvalue weighted by atomic mass is 9.94. The summed E-state index contributed by atoms with van der Waals surface area (Å²) in [4.78, 5) is 50.3. The molecular formula is C27H22N4O5. The number of hydrogen-bond donors (Lipinski definition) is 1. The van der Waals surface area contributed by atoms with E-state index in [1.165, 1.54) is 11.8 Å². The van der Waals surface area contributed by atoms with Crippen molar-refractivity contribution in [3.05, 3.63) is 81.9 Å². The SMILES string of the molecule is CC(=O)OCC(=O)NCC(=O)N1C/C(=C\c2ccc(C#N)cc2)C(=O)/C(=C/c2ccc(C#N)cc2)C1. The molecule has 1 fully saturated rings. The van der Waals surface area contributed by atoms with E-state index in [0.29, 0.717) is 33.4 Å². The van der Waals surface area contributed by atoms with Crippen LogP contribution in [0.1, 0.15) is 29.2 Å². The van der Waals surface area contributed by atoms with Crippen LogP contribution in [0.4, 0.5) is 0 Å². The van der Waals surface area contributed by atoms with Gasteiger partial charge in [-0.1, -0.05) is 24.3 Å². The Morgan fingerprint density at radius 1 is 0.917 bits per heavy atom. The quantitative estimate of drug-likeness (QED) is 0.490. The van der Waals surface area contributed by atoms with Crippen molar-refractivity contribution in [1.82, 2.24) is 10.2 Å². The highest BCUT2D eigenvalue weighted by Gasteiger charge is 2.29. The Balaban J connectivity index is 1.85. The lowest BCUT2D eigenvalue weighted by Gasteiger charge is -2.30. The third kappa shape index (κ3) is 6.99. The molecule has 0 spiro atoms. The minimum absolute atomic E-state index is 0.0300. The number of esters is 1. The van der Waals surface area contributed by atoms with E-state index in [1.54, 1.807) is 60.7 Å². The Labute approximate surface area is 207 Å². The molecule has 1 N–H and O–H groups in total. The number of piperidine rings is 1. The van der Waals surface area contributed by atoms with Gasteiger partial charge in [-0.15, -0.1) is 0 Å². The molecule has 9 nitrogen and oxygen atoms in total. The number of benzene rings is 2. The van der Waals surface area contributed by atoms with Crippen molar-refractivity contribution in [2.45, 2.75) is 6.92 Å². The highest BCUT2D eigenvalue weighted by molar-refractivity contribution is 6.15. The molecule has 180 valence electrons. The molecular weight excluding hydrogens is 460 g/mol. The summed E-state index contributed by atoms with van der Waals surface area (Å²) in [5, 5.41) is 20.4. The number of nitrogens with one attached hydrogen (secondary N) is 1. The molecule has 0 aliphatic carbocycles. The average molecular weight is 482 g/mol. The van der Waals surface area contributed by atoms with Crippen LogP contribution in [0.15, 0.2) is 59.7 Å². The summed E-state index contributed by atoms with van der Waals surface area (Å²) < 4.78 is 4.62. The molecule has 2 aromatic carbocycles. The first-order chi connectivity index (χ1) is 17.3. The third-order valence-electron chi connectivity index (χ3n) is 5.26. The van der Waals surface area contributed by atoms with Crippen LogP contribution >= 0.6 is 0 Å². The highest BCUT2D eigenvalue weighted by Crippen LogP contribution is 2.22. The van der Waals surface area contributed by atoms with Gasteiger partial charge in [0.2, 0.25) is 5.91 Å². The maximum atomic E-state index is 13.3. The summed E-state index contributed by atoms with van der Waals surface area (Å²) in [6, 6.07) is 17.4. The number of rotatable bonds is 6. The minimum atomic E-state index is -0.617. The molecule has 2 amide bonds. The molecule has 1 aliphatic rings. The molecule has 36 heavy (non-hydrogen) atoms. The zero-order valence-corrected chi connectivity index (χ0v) is 19.5. The van der Waals surface area contributed by atoms with Gasteiger partial charge in [0.25, 0.3) is 5.91 Å². The van der Waals surface area contributed by atoms with E-state index in [0.717, 1.165) is 0 Å². The normalized spacial score (nSPS) is 15.2. The number of carbonyl (C=O) groups excluding carboxylic acids is 4. The van der Waals surface area contributed by atoms with Gasteiger partial charge in [0.05, 0.1) is 29.8 Å². The van der Waals surface area contributed by atoms with Crippen molar-refractivity contribution in [3.63, 3.8) is 0 Å². The fourth-order valence-electron chi connectivity index (χ4n) is 3.43. The van der Waals surface area contributed by atoms with Crippen LogP contribution in [0.2, 0.25) is 0 Å². The van der Waals surface area contributed by atoms with Crippen molar-refractivity contribution in [1.29, 1.82) is 10.5 Å². The second kappa shape index (κ2) is 11.9. The molecule has 0 aromatic heterocycles. The van der Waals surface area contributed by atoms with Crippen LogP contribution in [0.25, 0.3) is 12.2 Å². The number of likely N-dealkylation sites (tertiary alicyclic amines) is 1. The Kier molecular flexibility index (Phi) is 8.47. The van der Waals surface area contributed by atoms with Crippen LogP contribution in [0.3, 0.4) is 0 Å². The zero-order chi connectivity index (χ0) is 26.1. The molecule has 0 saturated carbocycles. The van der Waals surface area contributed by atoms with Gasteiger partial charge in [-0.2, -0.15) is 10.5 Å². The predicted octanol–water partition coefficient (Wildman–Crippen LogP) is 1.99. The monoisotopic (exact) mass is 482 g/mol. The number of nitrogens with zero attached hydrogens (tertiary/aromatic N) is 3. The summed E-state index contributed by atoms with van der Waals surface area (Å²) in [6.07, 6.45) is 3.32. The number of nitriles is 2. The second-order valence-electron chi connectivity index (χ2n) is 7.94. The largest absolute Gasteiger partial charge is 0.456 e. The number of ketones is 1. The van der Waals surface area contributed by atoms with E-state index in [-0.39, 0.29) is 25.4 Å². The Morgan fingerprint density at radius 3 is 1.81 bits per heavy atom. The fraction of sp³-hybridized carbons (Fsp3) is 0.185. The van der Waals surface area contributed by atoms with Gasteiger partial charge in [-0.05, 0) is 47.5 Å². The highest BCUT2D eigenvalue weighted by atomic mass is 16.5. The molecule has 0 atom stereocenters. The van der Waals surface area contributed by atoms with Crippen molar-refractivity contribution in [3.8, 4) is 12.1 Å². The summed E-state index contributed by atoms with van der Waals surface area (Å²) in [5.74, 6) is -1.88. The van der Waals surface area contributed by atoms with E-state index < -0.39 is 24.4 Å². The summed E-state index contributed by atoms with van der Waals surface area (Å²) in [7, 11) is 0. The number of ether oxygens (including phenoxy) is 1. The van der Waals surface area contributed by atoms with E-state index >= 15 is 0 Å². The first-order valence-electron chi connectivity index (χ1n) is 10.9. The molecule has 2 aromatic rings. The lowest BCUT2D eigenvalue weighted by molar-refractivity contribution is -0.146. The lowest BCUT2D eigenvalue weighted by Crippen LogP contribution is -2.46. The Morgan fingerprint density at radius 2 is 1.39 bits per heavy atom. The molecule has 0 bridgehead atoms. The minimum Gasteiger partial charge on any atom is -0.456 e. The molecule has 1 saturated heterocycles. The number of Topliss-reactive ketones (excluding diaryl/α,β-unsaturated/α-hetero) is 1. The number of carbonyl (C=O) groups is 4. The van der Waals surface area contributed by atoms with E-state index in [2.05, 4.69) is 10.1 Å². The first kappa shape index (κ1) is 25.6. The van der Waals surface area contributed by atoms with Crippen molar-refractivity contribution >= 4 is 35.7 Å². The van der Waals surface area contributed by atoms with Gasteiger partial charge in [-0.25, -0.2) is 0 Å². The summed E-state index contributed by atoms with van der Waals surface area (Å²) in [5.41, 5.74) is 3.08. The van der Waals surface area contributed by atoms with Crippen LogP contribution in [-0.2, 0) is 23.9 Å².